The highest BCUT2D eigenvalue weighted by molar-refractivity contribution is 6.02. The van der Waals surface area contributed by atoms with Crippen LogP contribution in [0, 0.1) is 0 Å². The maximum atomic E-state index is 12.7. The van der Waals surface area contributed by atoms with E-state index in [2.05, 4.69) is 10.2 Å². The molecule has 1 aliphatic heterocycles. The Bertz CT molecular complexity index is 1030. The van der Waals surface area contributed by atoms with Gasteiger partial charge in [-0.3, -0.25) is 14.7 Å². The first-order valence-electron chi connectivity index (χ1n) is 9.30. The number of H-pyrrole nitrogens is 1. The van der Waals surface area contributed by atoms with Crippen LogP contribution in [0.3, 0.4) is 0 Å². The van der Waals surface area contributed by atoms with E-state index >= 15 is 0 Å². The van der Waals surface area contributed by atoms with Gasteiger partial charge in [-0.05, 0) is 25.1 Å². The second-order valence-corrected chi connectivity index (χ2v) is 6.76. The SMILES string of the molecule is C[C@H](OC(=O)c1n[nH]c2ccccc12)C(=O)N1CCN(C(=O)c2ccco2)CC1. The summed E-state index contributed by atoms with van der Waals surface area (Å²) in [5.74, 6) is -0.886. The zero-order chi connectivity index (χ0) is 20.4. The summed E-state index contributed by atoms with van der Waals surface area (Å²) in [6.45, 7) is 3.03. The molecule has 2 amide bonds. The number of aromatic amines is 1. The van der Waals surface area contributed by atoms with E-state index in [4.69, 9.17) is 9.15 Å². The summed E-state index contributed by atoms with van der Waals surface area (Å²) >= 11 is 0. The van der Waals surface area contributed by atoms with E-state index in [-0.39, 0.29) is 23.3 Å². The summed E-state index contributed by atoms with van der Waals surface area (Å²) in [6.07, 6.45) is 0.497. The second-order valence-electron chi connectivity index (χ2n) is 6.76. The van der Waals surface area contributed by atoms with Crippen LogP contribution in [0.1, 0.15) is 28.0 Å². The van der Waals surface area contributed by atoms with Gasteiger partial charge in [0.2, 0.25) is 0 Å². The van der Waals surface area contributed by atoms with Gasteiger partial charge in [-0.25, -0.2) is 4.79 Å². The average Bonchev–Trinajstić information content (AvgIpc) is 3.43. The lowest BCUT2D eigenvalue weighted by atomic mass is 10.2. The number of benzene rings is 1. The number of carbonyl (C=O) groups excluding carboxylic acids is 3. The lowest BCUT2D eigenvalue weighted by Gasteiger charge is -2.35. The van der Waals surface area contributed by atoms with Gasteiger partial charge in [-0.15, -0.1) is 0 Å². The van der Waals surface area contributed by atoms with Crippen LogP contribution in [0.5, 0.6) is 0 Å². The molecule has 29 heavy (non-hydrogen) atoms. The molecule has 1 fully saturated rings. The highest BCUT2D eigenvalue weighted by atomic mass is 16.5. The van der Waals surface area contributed by atoms with Crippen molar-refractivity contribution in [2.24, 2.45) is 0 Å². The third-order valence-electron chi connectivity index (χ3n) is 4.91. The number of nitrogens with one attached hydrogen (secondary N) is 1. The van der Waals surface area contributed by atoms with Crippen LogP contribution in [0.4, 0.5) is 0 Å². The topological polar surface area (TPSA) is 109 Å². The second kappa shape index (κ2) is 7.78. The molecular weight excluding hydrogens is 376 g/mol. The summed E-state index contributed by atoms with van der Waals surface area (Å²) < 4.78 is 10.5. The van der Waals surface area contributed by atoms with Crippen molar-refractivity contribution >= 4 is 28.7 Å². The Morgan fingerprint density at radius 2 is 1.79 bits per heavy atom. The van der Waals surface area contributed by atoms with Crippen molar-refractivity contribution in [3.8, 4) is 0 Å². The molecule has 150 valence electrons. The number of nitrogens with zero attached hydrogens (tertiary/aromatic N) is 3. The lowest BCUT2D eigenvalue weighted by molar-refractivity contribution is -0.141. The number of piperazine rings is 1. The molecule has 0 spiro atoms. The highest BCUT2D eigenvalue weighted by Crippen LogP contribution is 2.17. The van der Waals surface area contributed by atoms with Gasteiger partial charge in [-0.1, -0.05) is 18.2 Å². The van der Waals surface area contributed by atoms with Crippen molar-refractivity contribution in [2.75, 3.05) is 26.2 Å². The molecule has 3 aromatic rings. The van der Waals surface area contributed by atoms with Gasteiger partial charge in [-0.2, -0.15) is 5.10 Å². The Morgan fingerprint density at radius 3 is 2.52 bits per heavy atom. The fourth-order valence-corrected chi connectivity index (χ4v) is 3.33. The highest BCUT2D eigenvalue weighted by Gasteiger charge is 2.30. The first-order valence-corrected chi connectivity index (χ1v) is 9.30. The minimum atomic E-state index is -0.953. The number of esters is 1. The van der Waals surface area contributed by atoms with Crippen molar-refractivity contribution in [1.29, 1.82) is 0 Å². The number of hydrogen-bond acceptors (Lipinski definition) is 6. The molecule has 0 saturated carbocycles. The van der Waals surface area contributed by atoms with Crippen LogP contribution in [0.2, 0.25) is 0 Å². The lowest BCUT2D eigenvalue weighted by Crippen LogP contribution is -2.53. The Morgan fingerprint density at radius 1 is 1.07 bits per heavy atom. The zero-order valence-corrected chi connectivity index (χ0v) is 15.8. The molecule has 1 N–H and O–H groups in total. The summed E-state index contributed by atoms with van der Waals surface area (Å²) in [4.78, 5) is 40.7. The van der Waals surface area contributed by atoms with E-state index < -0.39 is 12.1 Å². The van der Waals surface area contributed by atoms with Gasteiger partial charge in [0.25, 0.3) is 11.8 Å². The molecule has 9 nitrogen and oxygen atoms in total. The summed E-state index contributed by atoms with van der Waals surface area (Å²) in [5.41, 5.74) is 0.866. The van der Waals surface area contributed by atoms with Gasteiger partial charge >= 0.3 is 5.97 Å². The molecule has 0 aliphatic carbocycles. The van der Waals surface area contributed by atoms with Crippen molar-refractivity contribution in [3.63, 3.8) is 0 Å². The molecule has 1 atom stereocenters. The Balaban J connectivity index is 1.34. The fourth-order valence-electron chi connectivity index (χ4n) is 3.33. The van der Waals surface area contributed by atoms with Crippen molar-refractivity contribution in [3.05, 3.63) is 54.1 Å². The minimum Gasteiger partial charge on any atom is -0.459 e. The third kappa shape index (κ3) is 3.71. The first-order chi connectivity index (χ1) is 14.0. The molecule has 1 aliphatic rings. The van der Waals surface area contributed by atoms with Gasteiger partial charge in [0.15, 0.2) is 17.6 Å². The molecule has 1 aromatic carbocycles. The number of fused-ring (bicyclic) bond motifs is 1. The van der Waals surface area contributed by atoms with E-state index in [9.17, 15) is 14.4 Å². The minimum absolute atomic E-state index is 0.147. The quantitative estimate of drug-likeness (QED) is 0.672. The van der Waals surface area contributed by atoms with Crippen molar-refractivity contribution in [2.45, 2.75) is 13.0 Å². The molecule has 0 unspecified atom stereocenters. The Kier molecular flexibility index (Phi) is 5.03. The molecular formula is C20H20N4O5. The number of carbonyl (C=O) groups is 3. The molecule has 1 saturated heterocycles. The standard InChI is InChI=1S/C20H20N4O5/c1-13(29-20(27)17-14-5-2-3-6-15(14)21-22-17)18(25)23-8-10-24(11-9-23)19(26)16-7-4-12-28-16/h2-7,12-13H,8-11H2,1H3,(H,21,22)/t13-/m0/s1. The van der Waals surface area contributed by atoms with Gasteiger partial charge in [0.1, 0.15) is 0 Å². The Hall–Kier alpha value is -3.62. The summed E-state index contributed by atoms with van der Waals surface area (Å²) in [6, 6.07) is 10.5. The van der Waals surface area contributed by atoms with Crippen LogP contribution in [-0.4, -0.2) is 70.1 Å². The van der Waals surface area contributed by atoms with E-state index in [1.807, 2.05) is 6.07 Å². The molecule has 3 heterocycles. The molecule has 2 aromatic heterocycles. The molecule has 0 bridgehead atoms. The molecule has 4 rings (SSSR count). The van der Waals surface area contributed by atoms with Crippen molar-refractivity contribution in [1.82, 2.24) is 20.0 Å². The van der Waals surface area contributed by atoms with E-state index in [0.717, 1.165) is 5.52 Å². The van der Waals surface area contributed by atoms with E-state index in [1.165, 1.54) is 13.2 Å². The number of amides is 2. The summed E-state index contributed by atoms with van der Waals surface area (Å²) in [7, 11) is 0. The van der Waals surface area contributed by atoms with Crippen LogP contribution in [-0.2, 0) is 9.53 Å². The van der Waals surface area contributed by atoms with E-state index in [1.54, 1.807) is 40.1 Å². The van der Waals surface area contributed by atoms with Crippen LogP contribution < -0.4 is 0 Å². The monoisotopic (exact) mass is 396 g/mol. The smallest absolute Gasteiger partial charge is 0.360 e. The molecule has 0 radical (unpaired) electrons. The maximum Gasteiger partial charge on any atom is 0.360 e. The number of hydrogen-bond donors (Lipinski definition) is 1. The van der Waals surface area contributed by atoms with Crippen LogP contribution in [0.25, 0.3) is 10.9 Å². The fraction of sp³-hybridized carbons (Fsp3) is 0.300. The normalized spacial score (nSPS) is 15.3. The number of ether oxygens (including phenoxy) is 1. The number of rotatable bonds is 4. The predicted octanol–water partition coefficient (Wildman–Crippen LogP) is 1.69. The first kappa shape index (κ1) is 18.7. The zero-order valence-electron chi connectivity index (χ0n) is 15.8. The van der Waals surface area contributed by atoms with Gasteiger partial charge < -0.3 is 19.0 Å². The Labute approximate surface area is 166 Å². The van der Waals surface area contributed by atoms with Crippen LogP contribution >= 0.6 is 0 Å². The average molecular weight is 396 g/mol. The van der Waals surface area contributed by atoms with Gasteiger partial charge in [0, 0.05) is 31.6 Å². The maximum absolute atomic E-state index is 12.7. The van der Waals surface area contributed by atoms with E-state index in [0.29, 0.717) is 31.6 Å². The number of aromatic nitrogens is 2. The van der Waals surface area contributed by atoms with Crippen LogP contribution in [0.15, 0.2) is 47.1 Å². The predicted molar refractivity (Wildman–Crippen MR) is 102 cm³/mol. The molecule has 9 heteroatoms. The number of furan rings is 1. The van der Waals surface area contributed by atoms with Gasteiger partial charge in [0.05, 0.1) is 11.8 Å². The third-order valence-corrected chi connectivity index (χ3v) is 4.91. The van der Waals surface area contributed by atoms with Crippen molar-refractivity contribution < 1.29 is 23.5 Å². The number of para-hydroxylation sites is 1. The largest absolute Gasteiger partial charge is 0.459 e. The summed E-state index contributed by atoms with van der Waals surface area (Å²) in [5, 5.41) is 7.41.